The van der Waals surface area contributed by atoms with Crippen LogP contribution in [0.25, 0.3) is 22.5 Å². The molecule has 49 heavy (non-hydrogen) atoms. The number of aromatic nitrogens is 1. The molecule has 1 atom stereocenters. The molecule has 0 unspecified atom stereocenters. The Kier molecular flexibility index (Phi) is 8.91. The van der Waals surface area contributed by atoms with Gasteiger partial charge in [-0.25, -0.2) is 14.2 Å². The van der Waals surface area contributed by atoms with Gasteiger partial charge in [0.1, 0.15) is 12.4 Å². The van der Waals surface area contributed by atoms with E-state index in [0.29, 0.717) is 49.8 Å². The van der Waals surface area contributed by atoms with Crippen LogP contribution in [0.5, 0.6) is 11.5 Å². The molecule has 6 aromatic rings. The van der Waals surface area contributed by atoms with Crippen LogP contribution in [0.1, 0.15) is 35.2 Å². The number of carbonyl (C=O) groups excluding carboxylic acids is 1. The number of halogens is 1. The number of rotatable bonds is 9. The van der Waals surface area contributed by atoms with Gasteiger partial charge in [-0.15, -0.1) is 0 Å². The largest absolute Gasteiger partial charge is 0.493 e. The van der Waals surface area contributed by atoms with Gasteiger partial charge in [0.25, 0.3) is 5.56 Å². The van der Waals surface area contributed by atoms with E-state index in [0.717, 1.165) is 16.3 Å². The average Bonchev–Trinajstić information content (AvgIpc) is 3.44. The van der Waals surface area contributed by atoms with E-state index in [2.05, 4.69) is 18.2 Å². The Hall–Kier alpha value is -5.80. The SMILES string of the molecule is CCOC(=O)C1=C(c2ccccc2)N=c2s/c(=C\c3ccc(OCc4cccc5ccccc45)c(OC)c3)c(=O)n2[C@H]1c1ccc(F)cc1. The summed E-state index contributed by atoms with van der Waals surface area (Å²) in [4.78, 5) is 33.1. The van der Waals surface area contributed by atoms with E-state index in [1.54, 1.807) is 32.2 Å². The summed E-state index contributed by atoms with van der Waals surface area (Å²) < 4.78 is 33.3. The highest BCUT2D eigenvalue weighted by Gasteiger charge is 2.35. The van der Waals surface area contributed by atoms with Crippen molar-refractivity contribution in [2.24, 2.45) is 4.99 Å². The highest BCUT2D eigenvalue weighted by Crippen LogP contribution is 2.35. The predicted octanol–water partition coefficient (Wildman–Crippen LogP) is 6.82. The van der Waals surface area contributed by atoms with Crippen LogP contribution in [-0.4, -0.2) is 24.3 Å². The molecule has 0 saturated heterocycles. The van der Waals surface area contributed by atoms with Gasteiger partial charge in [-0.3, -0.25) is 9.36 Å². The quantitative estimate of drug-likeness (QED) is 0.158. The third-order valence-electron chi connectivity index (χ3n) is 8.31. The van der Waals surface area contributed by atoms with E-state index in [9.17, 15) is 14.0 Å². The molecule has 0 aliphatic carbocycles. The molecule has 1 aliphatic rings. The zero-order chi connectivity index (χ0) is 33.9. The lowest BCUT2D eigenvalue weighted by atomic mass is 9.93. The average molecular weight is 671 g/mol. The maximum atomic E-state index is 14.2. The highest BCUT2D eigenvalue weighted by molar-refractivity contribution is 7.07. The van der Waals surface area contributed by atoms with Crippen LogP contribution < -0.4 is 24.4 Å². The van der Waals surface area contributed by atoms with Crippen molar-refractivity contribution in [2.75, 3.05) is 13.7 Å². The van der Waals surface area contributed by atoms with Crippen molar-refractivity contribution in [2.45, 2.75) is 19.6 Å². The Morgan fingerprint density at radius 2 is 1.67 bits per heavy atom. The molecule has 0 bridgehead atoms. The number of fused-ring (bicyclic) bond motifs is 2. The number of thiazole rings is 1. The van der Waals surface area contributed by atoms with Crippen LogP contribution >= 0.6 is 11.3 Å². The minimum absolute atomic E-state index is 0.133. The molecule has 0 saturated carbocycles. The summed E-state index contributed by atoms with van der Waals surface area (Å²) in [5.74, 6) is 0.0518. The summed E-state index contributed by atoms with van der Waals surface area (Å²) in [5.41, 5.74) is 3.27. The Balaban J connectivity index is 1.31. The van der Waals surface area contributed by atoms with Gasteiger partial charge >= 0.3 is 5.97 Å². The summed E-state index contributed by atoms with van der Waals surface area (Å²) in [6.45, 7) is 2.21. The highest BCUT2D eigenvalue weighted by atomic mass is 32.1. The number of ether oxygens (including phenoxy) is 3. The van der Waals surface area contributed by atoms with Gasteiger partial charge in [0, 0.05) is 5.56 Å². The van der Waals surface area contributed by atoms with Crippen LogP contribution in [-0.2, 0) is 16.1 Å². The van der Waals surface area contributed by atoms with Gasteiger partial charge < -0.3 is 14.2 Å². The molecule has 7 nitrogen and oxygen atoms in total. The standard InChI is InChI=1S/C40H31FN2O5S/c1-3-47-39(45)35-36(27-11-5-4-6-12-27)42-40-43(37(35)28-17-19-30(41)20-18-28)38(44)34(49-40)23-25-16-21-32(33(22-25)46-2)48-24-29-14-9-13-26-10-7-8-15-31(26)29/h4-23,37H,3,24H2,1-2H3/b34-23-/t37-/m0/s1. The molecule has 7 rings (SSSR count). The number of esters is 1. The second kappa shape index (κ2) is 13.7. The lowest BCUT2D eigenvalue weighted by Gasteiger charge is -2.25. The molecule has 0 amide bonds. The maximum Gasteiger partial charge on any atom is 0.338 e. The lowest BCUT2D eigenvalue weighted by Crippen LogP contribution is -2.40. The van der Waals surface area contributed by atoms with Gasteiger partial charge in [-0.05, 0) is 64.7 Å². The first-order chi connectivity index (χ1) is 23.9. The molecule has 0 fully saturated rings. The fourth-order valence-corrected chi connectivity index (χ4v) is 7.02. The second-order valence-electron chi connectivity index (χ2n) is 11.3. The van der Waals surface area contributed by atoms with Crippen molar-refractivity contribution >= 4 is 39.9 Å². The van der Waals surface area contributed by atoms with Crippen molar-refractivity contribution in [3.05, 3.63) is 169 Å². The smallest absolute Gasteiger partial charge is 0.338 e. The minimum Gasteiger partial charge on any atom is -0.493 e. The zero-order valence-corrected chi connectivity index (χ0v) is 27.6. The molecule has 1 aromatic heterocycles. The molecular formula is C40H31FN2O5S. The van der Waals surface area contributed by atoms with Gasteiger partial charge in [0.15, 0.2) is 16.3 Å². The first-order valence-corrected chi connectivity index (χ1v) is 16.6. The van der Waals surface area contributed by atoms with Crippen molar-refractivity contribution < 1.29 is 23.4 Å². The Bertz CT molecular complexity index is 2390. The first kappa shape index (κ1) is 31.8. The third-order valence-corrected chi connectivity index (χ3v) is 9.29. The summed E-state index contributed by atoms with van der Waals surface area (Å²) in [6, 6.07) is 33.9. The summed E-state index contributed by atoms with van der Waals surface area (Å²) in [5, 5.41) is 2.26. The molecule has 9 heteroatoms. The van der Waals surface area contributed by atoms with E-state index in [1.807, 2.05) is 72.8 Å². The lowest BCUT2D eigenvalue weighted by molar-refractivity contribution is -0.138. The molecule has 0 N–H and O–H groups in total. The topological polar surface area (TPSA) is 79.1 Å². The monoisotopic (exact) mass is 670 g/mol. The Labute approximate surface area is 285 Å². The summed E-state index contributed by atoms with van der Waals surface area (Å²) >= 11 is 1.21. The summed E-state index contributed by atoms with van der Waals surface area (Å²) in [7, 11) is 1.57. The molecule has 1 aliphatic heterocycles. The number of methoxy groups -OCH3 is 1. The number of carbonyl (C=O) groups is 1. The van der Waals surface area contributed by atoms with E-state index in [4.69, 9.17) is 19.2 Å². The van der Waals surface area contributed by atoms with Crippen LogP contribution in [0.2, 0.25) is 0 Å². The zero-order valence-electron chi connectivity index (χ0n) is 26.8. The minimum atomic E-state index is -0.896. The van der Waals surface area contributed by atoms with Crippen LogP contribution in [0.3, 0.4) is 0 Å². The van der Waals surface area contributed by atoms with Gasteiger partial charge in [0.2, 0.25) is 0 Å². The molecule has 244 valence electrons. The molecule has 5 aromatic carbocycles. The van der Waals surface area contributed by atoms with Gasteiger partial charge in [0.05, 0.1) is 35.6 Å². The third kappa shape index (κ3) is 6.28. The number of hydrogen-bond donors (Lipinski definition) is 0. The van der Waals surface area contributed by atoms with E-state index in [-0.39, 0.29) is 17.7 Å². The van der Waals surface area contributed by atoms with Crippen molar-refractivity contribution in [3.8, 4) is 11.5 Å². The first-order valence-electron chi connectivity index (χ1n) is 15.8. The molecule has 0 radical (unpaired) electrons. The van der Waals surface area contributed by atoms with Crippen LogP contribution in [0, 0.1) is 5.82 Å². The fraction of sp³-hybridized carbons (Fsp3) is 0.125. The predicted molar refractivity (Wildman–Crippen MR) is 189 cm³/mol. The van der Waals surface area contributed by atoms with Gasteiger partial charge in [-0.1, -0.05) is 102 Å². The number of nitrogens with zero attached hydrogens (tertiary/aromatic N) is 2. The van der Waals surface area contributed by atoms with Crippen molar-refractivity contribution in [1.29, 1.82) is 0 Å². The number of benzene rings is 5. The van der Waals surface area contributed by atoms with E-state index in [1.165, 1.54) is 28.0 Å². The Morgan fingerprint density at radius 1 is 0.918 bits per heavy atom. The molecule has 2 heterocycles. The van der Waals surface area contributed by atoms with Crippen LogP contribution in [0.4, 0.5) is 4.39 Å². The molecular weight excluding hydrogens is 640 g/mol. The Morgan fingerprint density at radius 3 is 2.45 bits per heavy atom. The number of hydrogen-bond acceptors (Lipinski definition) is 7. The normalized spacial score (nSPS) is 14.3. The van der Waals surface area contributed by atoms with E-state index < -0.39 is 17.8 Å². The van der Waals surface area contributed by atoms with E-state index >= 15 is 0 Å². The van der Waals surface area contributed by atoms with Crippen molar-refractivity contribution in [1.82, 2.24) is 4.57 Å². The second-order valence-corrected chi connectivity index (χ2v) is 12.3. The van der Waals surface area contributed by atoms with Gasteiger partial charge in [-0.2, -0.15) is 0 Å². The maximum absolute atomic E-state index is 14.2. The summed E-state index contributed by atoms with van der Waals surface area (Å²) in [6.07, 6.45) is 1.76. The molecule has 0 spiro atoms. The van der Waals surface area contributed by atoms with Crippen LogP contribution in [0.15, 0.2) is 131 Å². The van der Waals surface area contributed by atoms with Crippen molar-refractivity contribution in [3.63, 3.8) is 0 Å². The fourth-order valence-electron chi connectivity index (χ4n) is 6.02.